The SMILES string of the molecule is CNC(=N)NC(=O)Nc1cc(F)ccc1Cl. The van der Waals surface area contributed by atoms with Gasteiger partial charge in [-0.15, -0.1) is 0 Å². The van der Waals surface area contributed by atoms with Gasteiger partial charge in [0.2, 0.25) is 0 Å². The number of benzene rings is 1. The molecule has 86 valence electrons. The molecule has 2 amide bonds. The maximum atomic E-state index is 12.8. The zero-order chi connectivity index (χ0) is 12.1. The first kappa shape index (κ1) is 12.3. The average Bonchev–Trinajstić information content (AvgIpc) is 2.23. The molecule has 0 bridgehead atoms. The Labute approximate surface area is 96.5 Å². The summed E-state index contributed by atoms with van der Waals surface area (Å²) in [4.78, 5) is 11.3. The minimum Gasteiger partial charge on any atom is -0.359 e. The third kappa shape index (κ3) is 3.39. The first-order valence-corrected chi connectivity index (χ1v) is 4.70. The van der Waals surface area contributed by atoms with E-state index in [-0.39, 0.29) is 16.7 Å². The van der Waals surface area contributed by atoms with E-state index in [1.807, 2.05) is 0 Å². The molecule has 0 atom stereocenters. The number of hydrogen-bond acceptors (Lipinski definition) is 2. The van der Waals surface area contributed by atoms with Crippen LogP contribution in [0, 0.1) is 11.2 Å². The zero-order valence-electron chi connectivity index (χ0n) is 8.40. The Kier molecular flexibility index (Phi) is 4.07. The van der Waals surface area contributed by atoms with Crippen LogP contribution in [0.1, 0.15) is 0 Å². The van der Waals surface area contributed by atoms with E-state index in [0.29, 0.717) is 0 Å². The summed E-state index contributed by atoms with van der Waals surface area (Å²) in [6.45, 7) is 0. The predicted octanol–water partition coefficient (Wildman–Crippen LogP) is 1.75. The van der Waals surface area contributed by atoms with Gasteiger partial charge in [-0.3, -0.25) is 10.7 Å². The van der Waals surface area contributed by atoms with Crippen LogP contribution in [0.25, 0.3) is 0 Å². The van der Waals surface area contributed by atoms with E-state index in [9.17, 15) is 9.18 Å². The highest BCUT2D eigenvalue weighted by Gasteiger charge is 2.07. The maximum absolute atomic E-state index is 12.8. The fourth-order valence-corrected chi connectivity index (χ4v) is 1.09. The number of amides is 2. The number of carbonyl (C=O) groups is 1. The molecule has 4 N–H and O–H groups in total. The van der Waals surface area contributed by atoms with Gasteiger partial charge in [-0.2, -0.15) is 0 Å². The number of urea groups is 1. The highest BCUT2D eigenvalue weighted by molar-refractivity contribution is 6.33. The number of carbonyl (C=O) groups excluding carboxylic acids is 1. The van der Waals surface area contributed by atoms with Crippen LogP contribution in [-0.2, 0) is 0 Å². The topological polar surface area (TPSA) is 77.0 Å². The van der Waals surface area contributed by atoms with Crippen LogP contribution in [0.15, 0.2) is 18.2 Å². The van der Waals surface area contributed by atoms with Crippen LogP contribution >= 0.6 is 11.6 Å². The molecule has 1 aromatic rings. The van der Waals surface area contributed by atoms with Gasteiger partial charge in [-0.1, -0.05) is 11.6 Å². The molecule has 7 heteroatoms. The van der Waals surface area contributed by atoms with Crippen molar-refractivity contribution < 1.29 is 9.18 Å². The van der Waals surface area contributed by atoms with Gasteiger partial charge in [-0.05, 0) is 18.2 Å². The Morgan fingerprint density at radius 2 is 2.19 bits per heavy atom. The van der Waals surface area contributed by atoms with E-state index in [4.69, 9.17) is 17.0 Å². The lowest BCUT2D eigenvalue weighted by atomic mass is 10.3. The van der Waals surface area contributed by atoms with Crippen molar-refractivity contribution in [2.24, 2.45) is 0 Å². The minimum atomic E-state index is -0.674. The zero-order valence-corrected chi connectivity index (χ0v) is 9.15. The Hall–Kier alpha value is -1.82. The highest BCUT2D eigenvalue weighted by atomic mass is 35.5. The lowest BCUT2D eigenvalue weighted by molar-refractivity contribution is 0.256. The number of guanidine groups is 1. The van der Waals surface area contributed by atoms with Crippen molar-refractivity contribution in [3.63, 3.8) is 0 Å². The summed E-state index contributed by atoms with van der Waals surface area (Å²) in [5.41, 5.74) is 0.142. The summed E-state index contributed by atoms with van der Waals surface area (Å²) in [5.74, 6) is -0.687. The van der Waals surface area contributed by atoms with Gasteiger partial charge in [0.05, 0.1) is 10.7 Å². The first-order valence-electron chi connectivity index (χ1n) is 4.32. The van der Waals surface area contributed by atoms with E-state index in [1.54, 1.807) is 0 Å². The third-order valence-electron chi connectivity index (χ3n) is 1.67. The first-order chi connectivity index (χ1) is 7.52. The van der Waals surface area contributed by atoms with Crippen molar-refractivity contribution in [2.45, 2.75) is 0 Å². The number of rotatable bonds is 1. The number of anilines is 1. The lowest BCUT2D eigenvalue weighted by Crippen LogP contribution is -2.40. The summed E-state index contributed by atoms with van der Waals surface area (Å²) >= 11 is 5.73. The van der Waals surface area contributed by atoms with E-state index >= 15 is 0 Å². The van der Waals surface area contributed by atoms with Gasteiger partial charge >= 0.3 is 6.03 Å². The highest BCUT2D eigenvalue weighted by Crippen LogP contribution is 2.21. The van der Waals surface area contributed by atoms with Crippen molar-refractivity contribution >= 4 is 29.3 Å². The van der Waals surface area contributed by atoms with Gasteiger partial charge in [0.15, 0.2) is 5.96 Å². The molecule has 16 heavy (non-hydrogen) atoms. The Bertz CT molecular complexity index is 424. The minimum absolute atomic E-state index is 0.142. The van der Waals surface area contributed by atoms with Crippen molar-refractivity contribution in [1.82, 2.24) is 10.6 Å². The molecule has 0 saturated heterocycles. The molecule has 0 spiro atoms. The molecule has 5 nitrogen and oxygen atoms in total. The summed E-state index contributed by atoms with van der Waals surface area (Å²) in [6.07, 6.45) is 0. The standard InChI is InChI=1S/C9H10ClFN4O/c1-13-8(12)15-9(16)14-7-4-5(11)2-3-6(7)10/h2-4H,1H3,(H4,12,13,14,15,16). The second-order valence-electron chi connectivity index (χ2n) is 2.83. The van der Waals surface area contributed by atoms with Gasteiger partial charge in [0.25, 0.3) is 0 Å². The number of halogens is 2. The molecule has 0 unspecified atom stereocenters. The molecule has 1 aromatic carbocycles. The molecule has 0 saturated carbocycles. The van der Waals surface area contributed by atoms with E-state index < -0.39 is 11.8 Å². The number of hydrogen-bond donors (Lipinski definition) is 4. The fraction of sp³-hybridized carbons (Fsp3) is 0.111. The average molecular weight is 245 g/mol. The van der Waals surface area contributed by atoms with Crippen LogP contribution in [0.2, 0.25) is 5.02 Å². The summed E-state index contributed by atoms with van der Waals surface area (Å²) < 4.78 is 12.8. The molecular weight excluding hydrogens is 235 g/mol. The molecule has 0 aliphatic carbocycles. The second-order valence-corrected chi connectivity index (χ2v) is 3.24. The van der Waals surface area contributed by atoms with Crippen LogP contribution in [0.5, 0.6) is 0 Å². The Balaban J connectivity index is 2.69. The monoisotopic (exact) mass is 244 g/mol. The molecule has 0 radical (unpaired) electrons. The quantitative estimate of drug-likeness (QED) is 0.449. The van der Waals surface area contributed by atoms with Crippen LogP contribution in [0.4, 0.5) is 14.9 Å². The van der Waals surface area contributed by atoms with E-state index in [2.05, 4.69) is 16.0 Å². The molecule has 1 rings (SSSR count). The fourth-order valence-electron chi connectivity index (χ4n) is 0.923. The lowest BCUT2D eigenvalue weighted by Gasteiger charge is -2.09. The largest absolute Gasteiger partial charge is 0.359 e. The third-order valence-corrected chi connectivity index (χ3v) is 1.99. The Morgan fingerprint density at radius 1 is 1.50 bits per heavy atom. The van der Waals surface area contributed by atoms with Gasteiger partial charge in [0.1, 0.15) is 5.82 Å². The molecule has 0 fully saturated rings. The Morgan fingerprint density at radius 3 is 2.81 bits per heavy atom. The molecular formula is C9H10ClFN4O. The van der Waals surface area contributed by atoms with Crippen molar-refractivity contribution in [2.75, 3.05) is 12.4 Å². The predicted molar refractivity (Wildman–Crippen MR) is 60.4 cm³/mol. The summed E-state index contributed by atoms with van der Waals surface area (Å²) in [6, 6.07) is 2.92. The smallest absolute Gasteiger partial charge is 0.326 e. The van der Waals surface area contributed by atoms with Crippen LogP contribution in [-0.4, -0.2) is 19.0 Å². The van der Waals surface area contributed by atoms with E-state index in [1.165, 1.54) is 19.2 Å². The molecule has 0 aliphatic rings. The van der Waals surface area contributed by atoms with Gasteiger partial charge < -0.3 is 10.6 Å². The van der Waals surface area contributed by atoms with Crippen molar-refractivity contribution in [3.05, 3.63) is 29.0 Å². The second kappa shape index (κ2) is 5.32. The van der Waals surface area contributed by atoms with Gasteiger partial charge in [0, 0.05) is 7.05 Å². The van der Waals surface area contributed by atoms with Crippen LogP contribution in [0.3, 0.4) is 0 Å². The maximum Gasteiger partial charge on any atom is 0.326 e. The number of nitrogens with one attached hydrogen (secondary N) is 4. The summed E-state index contributed by atoms with van der Waals surface area (Å²) in [7, 11) is 1.48. The van der Waals surface area contributed by atoms with E-state index in [0.717, 1.165) is 6.07 Å². The molecule has 0 heterocycles. The normalized spacial score (nSPS) is 9.44. The van der Waals surface area contributed by atoms with Crippen molar-refractivity contribution in [3.8, 4) is 0 Å². The molecule has 0 aromatic heterocycles. The van der Waals surface area contributed by atoms with Crippen LogP contribution < -0.4 is 16.0 Å². The van der Waals surface area contributed by atoms with Gasteiger partial charge in [-0.25, -0.2) is 9.18 Å². The summed E-state index contributed by atoms with van der Waals surface area (Å²) in [5, 5.41) is 14.2. The van der Waals surface area contributed by atoms with Crippen molar-refractivity contribution in [1.29, 1.82) is 5.41 Å². The molecule has 0 aliphatic heterocycles.